The molecule has 0 radical (unpaired) electrons. The third-order valence-corrected chi connectivity index (χ3v) is 5.41. The molecule has 5 rings (SSSR count). The van der Waals surface area contributed by atoms with Crippen molar-refractivity contribution in [1.29, 1.82) is 0 Å². The maximum absolute atomic E-state index is 14.5. The van der Waals surface area contributed by atoms with Gasteiger partial charge in [0, 0.05) is 22.3 Å². The number of nitrogens with one attached hydrogen (secondary N) is 1. The second-order valence-corrected chi connectivity index (χ2v) is 7.04. The Morgan fingerprint density at radius 2 is 2.00 bits per heavy atom. The van der Waals surface area contributed by atoms with Gasteiger partial charge in [-0.1, -0.05) is 23.7 Å². The fraction of sp³-hybridized carbons (Fsp3) is 0.211. The summed E-state index contributed by atoms with van der Waals surface area (Å²) in [7, 11) is 0. The van der Waals surface area contributed by atoms with E-state index in [4.69, 9.17) is 11.6 Å². The fourth-order valence-electron chi connectivity index (χ4n) is 3.72. The van der Waals surface area contributed by atoms with Crippen molar-refractivity contribution in [2.24, 2.45) is 0 Å². The van der Waals surface area contributed by atoms with Gasteiger partial charge in [-0.3, -0.25) is 14.5 Å². The normalized spacial score (nSPS) is 20.8. The van der Waals surface area contributed by atoms with Crippen LogP contribution in [0.25, 0.3) is 22.4 Å². The van der Waals surface area contributed by atoms with E-state index in [0.29, 0.717) is 27.5 Å². The summed E-state index contributed by atoms with van der Waals surface area (Å²) in [5, 5.41) is 8.30. The van der Waals surface area contributed by atoms with Crippen molar-refractivity contribution in [2.75, 3.05) is 0 Å². The summed E-state index contributed by atoms with van der Waals surface area (Å²) in [5.41, 5.74) is 2.64. The van der Waals surface area contributed by atoms with E-state index in [0.717, 1.165) is 24.6 Å². The lowest BCUT2D eigenvalue weighted by atomic mass is 9.84. The van der Waals surface area contributed by atoms with Crippen molar-refractivity contribution in [2.45, 2.75) is 24.9 Å². The molecule has 5 nitrogen and oxygen atoms in total. The van der Waals surface area contributed by atoms with Gasteiger partial charge >= 0.3 is 0 Å². The number of rotatable bonds is 2. The quantitative estimate of drug-likeness (QED) is 0.747. The standard InChI is InChI=1S/C19H14ClFN4O/c20-11-3-1-10(2-4-11)16-17(12-7-8-22-9-13(12)21)24-25-15-6-5-14(15)23-19(26)18(16)25/h1-4,7-9,14-15H,5-6H2,(H,23,26)/t14-,15+/m0/s1. The van der Waals surface area contributed by atoms with Crippen LogP contribution >= 0.6 is 11.6 Å². The number of aromatic nitrogens is 3. The molecule has 130 valence electrons. The number of pyridine rings is 1. The molecule has 1 N–H and O–H groups in total. The molecule has 2 atom stereocenters. The number of carbonyl (C=O) groups excluding carboxylic acids is 1. The van der Waals surface area contributed by atoms with Crippen LogP contribution in [-0.2, 0) is 0 Å². The van der Waals surface area contributed by atoms with E-state index < -0.39 is 5.82 Å². The number of carbonyl (C=O) groups is 1. The molecular formula is C19H14ClFN4O. The van der Waals surface area contributed by atoms with Gasteiger partial charge in [-0.25, -0.2) is 4.39 Å². The lowest BCUT2D eigenvalue weighted by Gasteiger charge is -2.41. The van der Waals surface area contributed by atoms with Crippen LogP contribution < -0.4 is 5.32 Å². The van der Waals surface area contributed by atoms with Crippen LogP contribution in [0, 0.1) is 5.82 Å². The predicted molar refractivity (Wildman–Crippen MR) is 95.4 cm³/mol. The van der Waals surface area contributed by atoms with E-state index >= 15 is 0 Å². The van der Waals surface area contributed by atoms with Crippen LogP contribution in [0.15, 0.2) is 42.7 Å². The molecule has 1 aromatic carbocycles. The van der Waals surface area contributed by atoms with Crippen LogP contribution in [0.4, 0.5) is 4.39 Å². The van der Waals surface area contributed by atoms with Crippen LogP contribution in [0.5, 0.6) is 0 Å². The van der Waals surface area contributed by atoms with Gasteiger partial charge in [0.15, 0.2) is 5.82 Å². The van der Waals surface area contributed by atoms with Gasteiger partial charge in [-0.05, 0) is 36.6 Å². The molecular weight excluding hydrogens is 355 g/mol. The number of benzene rings is 1. The molecule has 0 spiro atoms. The van der Waals surface area contributed by atoms with Crippen LogP contribution in [0.1, 0.15) is 29.4 Å². The molecule has 1 fully saturated rings. The maximum Gasteiger partial charge on any atom is 0.270 e. The monoisotopic (exact) mass is 368 g/mol. The number of fused-ring (bicyclic) bond motifs is 3. The SMILES string of the molecule is O=C1N[C@H]2CC[C@H]2n2nc(-c3ccncc3F)c(-c3ccc(Cl)cc3)c21. The Balaban J connectivity index is 1.81. The highest BCUT2D eigenvalue weighted by atomic mass is 35.5. The van der Waals surface area contributed by atoms with Crippen LogP contribution in [-0.4, -0.2) is 26.7 Å². The first kappa shape index (κ1) is 15.5. The van der Waals surface area contributed by atoms with E-state index in [1.54, 1.807) is 22.9 Å². The zero-order valence-corrected chi connectivity index (χ0v) is 14.4. The van der Waals surface area contributed by atoms with Crippen molar-refractivity contribution in [1.82, 2.24) is 20.1 Å². The van der Waals surface area contributed by atoms with Gasteiger partial charge in [0.05, 0.1) is 18.3 Å². The highest BCUT2D eigenvalue weighted by Gasteiger charge is 2.43. The largest absolute Gasteiger partial charge is 0.346 e. The minimum Gasteiger partial charge on any atom is -0.346 e. The summed E-state index contributed by atoms with van der Waals surface area (Å²) in [6.45, 7) is 0. The summed E-state index contributed by atoms with van der Waals surface area (Å²) in [5.74, 6) is -0.646. The summed E-state index contributed by atoms with van der Waals surface area (Å²) < 4.78 is 16.2. The van der Waals surface area contributed by atoms with E-state index in [1.165, 1.54) is 6.20 Å². The zero-order valence-electron chi connectivity index (χ0n) is 13.6. The first-order valence-electron chi connectivity index (χ1n) is 8.42. The Morgan fingerprint density at radius 1 is 1.19 bits per heavy atom. The number of hydrogen-bond donors (Lipinski definition) is 1. The van der Waals surface area contributed by atoms with Gasteiger partial charge in [0.25, 0.3) is 5.91 Å². The topological polar surface area (TPSA) is 59.8 Å². The first-order chi connectivity index (χ1) is 12.6. The number of hydrogen-bond acceptors (Lipinski definition) is 3. The molecule has 26 heavy (non-hydrogen) atoms. The molecule has 1 amide bonds. The van der Waals surface area contributed by atoms with Gasteiger partial charge in [-0.2, -0.15) is 5.10 Å². The van der Waals surface area contributed by atoms with Crippen LogP contribution in [0.2, 0.25) is 5.02 Å². The van der Waals surface area contributed by atoms with E-state index in [9.17, 15) is 9.18 Å². The summed E-state index contributed by atoms with van der Waals surface area (Å²) >= 11 is 6.01. The predicted octanol–water partition coefficient (Wildman–Crippen LogP) is 3.85. The molecule has 2 aliphatic rings. The highest BCUT2D eigenvalue weighted by molar-refractivity contribution is 6.30. The second kappa shape index (κ2) is 5.64. The molecule has 3 heterocycles. The van der Waals surface area contributed by atoms with Crippen molar-refractivity contribution >= 4 is 17.5 Å². The summed E-state index contributed by atoms with van der Waals surface area (Å²) in [6.07, 6.45) is 4.56. The average Bonchev–Trinajstić information content (AvgIpc) is 2.99. The molecule has 1 saturated carbocycles. The third kappa shape index (κ3) is 2.18. The van der Waals surface area contributed by atoms with Crippen LogP contribution in [0.3, 0.4) is 0 Å². The van der Waals surface area contributed by atoms with E-state index in [2.05, 4.69) is 15.4 Å². The number of amides is 1. The highest BCUT2D eigenvalue weighted by Crippen LogP contribution is 2.43. The third-order valence-electron chi connectivity index (χ3n) is 5.15. The lowest BCUT2D eigenvalue weighted by Crippen LogP contribution is -2.53. The minimum atomic E-state index is -0.469. The summed E-state index contributed by atoms with van der Waals surface area (Å²) in [4.78, 5) is 16.6. The van der Waals surface area contributed by atoms with Crippen molar-refractivity contribution in [3.05, 3.63) is 59.3 Å². The molecule has 0 unspecified atom stereocenters. The molecule has 7 heteroatoms. The Labute approximate surface area is 153 Å². The van der Waals surface area contributed by atoms with Crippen molar-refractivity contribution in [3.8, 4) is 22.4 Å². The van der Waals surface area contributed by atoms with Gasteiger partial charge in [-0.15, -0.1) is 0 Å². The lowest BCUT2D eigenvalue weighted by molar-refractivity contribution is 0.0784. The molecule has 2 aromatic heterocycles. The van der Waals surface area contributed by atoms with Gasteiger partial charge < -0.3 is 5.32 Å². The van der Waals surface area contributed by atoms with E-state index in [1.807, 2.05) is 12.1 Å². The molecule has 3 aromatic rings. The molecule has 1 aliphatic carbocycles. The number of nitrogens with zero attached hydrogens (tertiary/aromatic N) is 3. The summed E-state index contributed by atoms with van der Waals surface area (Å²) in [6, 6.07) is 8.95. The molecule has 0 bridgehead atoms. The zero-order chi connectivity index (χ0) is 17.8. The fourth-order valence-corrected chi connectivity index (χ4v) is 3.84. The maximum atomic E-state index is 14.5. The Kier molecular flexibility index (Phi) is 3.37. The minimum absolute atomic E-state index is 0.100. The smallest absolute Gasteiger partial charge is 0.270 e. The second-order valence-electron chi connectivity index (χ2n) is 6.60. The van der Waals surface area contributed by atoms with Gasteiger partial charge in [0.2, 0.25) is 0 Å². The Morgan fingerprint density at radius 3 is 2.69 bits per heavy atom. The van der Waals surface area contributed by atoms with Gasteiger partial charge in [0.1, 0.15) is 11.4 Å². The van der Waals surface area contributed by atoms with Crippen molar-refractivity contribution < 1.29 is 9.18 Å². The molecule has 0 saturated heterocycles. The Hall–Kier alpha value is -2.73. The first-order valence-corrected chi connectivity index (χ1v) is 8.80. The Bertz CT molecular complexity index is 1030. The van der Waals surface area contributed by atoms with E-state index in [-0.39, 0.29) is 18.0 Å². The van der Waals surface area contributed by atoms with Crippen molar-refractivity contribution in [3.63, 3.8) is 0 Å². The molecule has 1 aliphatic heterocycles. The number of halogens is 2. The average molecular weight is 369 g/mol.